The lowest BCUT2D eigenvalue weighted by Gasteiger charge is -2.24. The molecule has 3 aromatic rings. The molecule has 0 atom stereocenters. The molecule has 36 heavy (non-hydrogen) atoms. The number of nitrogens with zero attached hydrogens (tertiary/aromatic N) is 2. The summed E-state index contributed by atoms with van der Waals surface area (Å²) >= 11 is 5.98. The van der Waals surface area contributed by atoms with Gasteiger partial charge >= 0.3 is 0 Å². The molecule has 0 aliphatic carbocycles. The van der Waals surface area contributed by atoms with Crippen LogP contribution >= 0.6 is 11.6 Å². The summed E-state index contributed by atoms with van der Waals surface area (Å²) in [5.74, 6) is -0.380. The Hall–Kier alpha value is -3.40. The van der Waals surface area contributed by atoms with Gasteiger partial charge in [0.05, 0.1) is 24.8 Å². The van der Waals surface area contributed by atoms with Crippen LogP contribution in [0.2, 0.25) is 5.02 Å². The highest BCUT2D eigenvalue weighted by Crippen LogP contribution is 2.27. The van der Waals surface area contributed by atoms with Crippen LogP contribution in [0.25, 0.3) is 0 Å². The Morgan fingerprint density at radius 1 is 1.08 bits per heavy atom. The first-order valence-electron chi connectivity index (χ1n) is 11.0. The normalized spacial score (nSPS) is 11.7. The Morgan fingerprint density at radius 2 is 1.72 bits per heavy atom. The number of amides is 1. The molecular formula is C26H28ClN3O5S. The molecule has 3 rings (SSSR count). The van der Waals surface area contributed by atoms with Gasteiger partial charge in [-0.15, -0.1) is 0 Å². The van der Waals surface area contributed by atoms with Crippen LogP contribution in [0.5, 0.6) is 11.5 Å². The number of hydrogen-bond donors (Lipinski definition) is 2. The second-order valence-electron chi connectivity index (χ2n) is 8.35. The van der Waals surface area contributed by atoms with E-state index in [1.165, 1.54) is 19.4 Å². The van der Waals surface area contributed by atoms with Crippen molar-refractivity contribution in [2.24, 2.45) is 5.10 Å². The lowest BCUT2D eigenvalue weighted by molar-refractivity contribution is -0.121. The maximum absolute atomic E-state index is 13.7. The number of halogens is 1. The molecular weight excluding hydrogens is 502 g/mol. The molecule has 10 heteroatoms. The molecule has 0 saturated carbocycles. The molecule has 0 saturated heterocycles. The van der Waals surface area contributed by atoms with E-state index in [9.17, 15) is 18.3 Å². The molecule has 0 heterocycles. The highest BCUT2D eigenvalue weighted by atomic mass is 35.5. The third-order valence-electron chi connectivity index (χ3n) is 5.40. The summed E-state index contributed by atoms with van der Waals surface area (Å²) in [6.07, 6.45) is 1.37. The number of hydrazone groups is 1. The first-order chi connectivity index (χ1) is 17.0. The predicted octanol–water partition coefficient (Wildman–Crippen LogP) is 4.32. The quantitative estimate of drug-likeness (QED) is 0.317. The van der Waals surface area contributed by atoms with Crippen molar-refractivity contribution >= 4 is 33.7 Å². The van der Waals surface area contributed by atoms with Gasteiger partial charge in [-0.05, 0) is 73.4 Å². The van der Waals surface area contributed by atoms with Gasteiger partial charge in [-0.1, -0.05) is 41.4 Å². The molecule has 2 N–H and O–H groups in total. The average molecular weight is 530 g/mol. The van der Waals surface area contributed by atoms with Crippen LogP contribution in [0, 0.1) is 20.8 Å². The van der Waals surface area contributed by atoms with Crippen LogP contribution in [0.3, 0.4) is 0 Å². The zero-order valence-electron chi connectivity index (χ0n) is 20.4. The lowest BCUT2D eigenvalue weighted by atomic mass is 10.1. The molecule has 0 aliphatic heterocycles. The van der Waals surface area contributed by atoms with Crippen molar-refractivity contribution in [2.45, 2.75) is 32.2 Å². The molecule has 3 aromatic carbocycles. The van der Waals surface area contributed by atoms with E-state index in [2.05, 4.69) is 10.5 Å². The third-order valence-corrected chi connectivity index (χ3v) is 7.75. The summed E-state index contributed by atoms with van der Waals surface area (Å²) in [6, 6.07) is 14.9. The number of methoxy groups -OCH3 is 1. The molecule has 0 spiro atoms. The van der Waals surface area contributed by atoms with E-state index in [0.29, 0.717) is 27.3 Å². The number of phenolic OH excluding ortho intramolecular Hbond substituents is 1. The topological polar surface area (TPSA) is 108 Å². The molecule has 0 unspecified atom stereocenters. The zero-order valence-corrected chi connectivity index (χ0v) is 22.0. The van der Waals surface area contributed by atoms with Gasteiger partial charge in [-0.2, -0.15) is 9.41 Å². The fraction of sp³-hybridized carbons (Fsp3) is 0.231. The van der Waals surface area contributed by atoms with E-state index in [1.54, 1.807) is 62.4 Å². The van der Waals surface area contributed by atoms with Crippen LogP contribution in [-0.4, -0.2) is 43.6 Å². The first kappa shape index (κ1) is 27.2. The van der Waals surface area contributed by atoms with Gasteiger partial charge in [0, 0.05) is 11.6 Å². The van der Waals surface area contributed by atoms with Gasteiger partial charge in [0.1, 0.15) is 0 Å². The van der Waals surface area contributed by atoms with Crippen molar-refractivity contribution in [3.63, 3.8) is 0 Å². The van der Waals surface area contributed by atoms with Gasteiger partial charge in [0.15, 0.2) is 11.5 Å². The number of sulfonamides is 1. The molecule has 8 nitrogen and oxygen atoms in total. The van der Waals surface area contributed by atoms with E-state index in [4.69, 9.17) is 16.3 Å². The molecule has 0 aliphatic rings. The Labute approximate surface area is 216 Å². The molecule has 0 fully saturated rings. The van der Waals surface area contributed by atoms with Crippen molar-refractivity contribution in [1.82, 2.24) is 9.73 Å². The van der Waals surface area contributed by atoms with E-state index < -0.39 is 22.5 Å². The lowest BCUT2D eigenvalue weighted by Crippen LogP contribution is -2.39. The smallest absolute Gasteiger partial charge is 0.255 e. The minimum absolute atomic E-state index is 0.0246. The van der Waals surface area contributed by atoms with E-state index in [1.807, 2.05) is 6.92 Å². The standard InChI is InChI=1S/C26H28ClN3O5S/c1-17-11-18(2)26(19(3)12-17)36(33,34)30(15-20-5-8-22(27)9-6-20)16-25(32)29-28-14-21-7-10-23(31)24(13-21)35-4/h5-14,31H,15-16H2,1-4H3,(H,29,32)/b28-14+. The Bertz CT molecular complexity index is 1370. The number of carbonyl (C=O) groups is 1. The number of aromatic hydroxyl groups is 1. The van der Waals surface area contributed by atoms with Crippen LogP contribution in [0.4, 0.5) is 0 Å². The number of nitrogens with one attached hydrogen (secondary N) is 1. The summed E-state index contributed by atoms with van der Waals surface area (Å²) in [7, 11) is -2.61. The highest BCUT2D eigenvalue weighted by Gasteiger charge is 2.30. The van der Waals surface area contributed by atoms with Gasteiger partial charge in [-0.25, -0.2) is 13.8 Å². The predicted molar refractivity (Wildman–Crippen MR) is 140 cm³/mol. The summed E-state index contributed by atoms with van der Waals surface area (Å²) in [5.41, 5.74) is 5.78. The molecule has 1 amide bonds. The summed E-state index contributed by atoms with van der Waals surface area (Å²) in [6.45, 7) is 4.90. The van der Waals surface area contributed by atoms with E-state index in [0.717, 1.165) is 9.87 Å². The number of benzene rings is 3. The number of hydrogen-bond acceptors (Lipinski definition) is 6. The summed E-state index contributed by atoms with van der Waals surface area (Å²) < 4.78 is 33.6. The fourth-order valence-corrected chi connectivity index (χ4v) is 5.79. The minimum Gasteiger partial charge on any atom is -0.504 e. The summed E-state index contributed by atoms with van der Waals surface area (Å²) in [5, 5.41) is 14.1. The second-order valence-corrected chi connectivity index (χ2v) is 10.7. The zero-order chi connectivity index (χ0) is 26.5. The van der Waals surface area contributed by atoms with Crippen LogP contribution < -0.4 is 10.2 Å². The third kappa shape index (κ3) is 6.63. The Balaban J connectivity index is 1.86. The maximum atomic E-state index is 13.7. The monoisotopic (exact) mass is 529 g/mol. The van der Waals surface area contributed by atoms with Gasteiger partial charge in [0.25, 0.3) is 5.91 Å². The van der Waals surface area contributed by atoms with E-state index >= 15 is 0 Å². The Kier molecular flexibility index (Phi) is 8.73. The maximum Gasteiger partial charge on any atom is 0.255 e. The Morgan fingerprint density at radius 3 is 2.33 bits per heavy atom. The van der Waals surface area contributed by atoms with Gasteiger partial charge < -0.3 is 9.84 Å². The van der Waals surface area contributed by atoms with Gasteiger partial charge in [0.2, 0.25) is 10.0 Å². The van der Waals surface area contributed by atoms with Crippen molar-refractivity contribution < 1.29 is 23.1 Å². The largest absolute Gasteiger partial charge is 0.504 e. The molecule has 0 aromatic heterocycles. The van der Waals surface area contributed by atoms with Crippen LogP contribution in [-0.2, 0) is 21.4 Å². The number of rotatable bonds is 9. The first-order valence-corrected chi connectivity index (χ1v) is 12.8. The molecule has 0 radical (unpaired) electrons. The minimum atomic E-state index is -4.03. The van der Waals surface area contributed by atoms with Crippen molar-refractivity contribution in [1.29, 1.82) is 0 Å². The number of carbonyl (C=O) groups excluding carboxylic acids is 1. The average Bonchev–Trinajstić information content (AvgIpc) is 2.80. The van der Waals surface area contributed by atoms with Gasteiger partial charge in [-0.3, -0.25) is 4.79 Å². The second kappa shape index (κ2) is 11.6. The van der Waals surface area contributed by atoms with Crippen LogP contribution in [0.1, 0.15) is 27.8 Å². The number of aryl methyl sites for hydroxylation is 3. The number of phenols is 1. The van der Waals surface area contributed by atoms with Crippen LogP contribution in [0.15, 0.2) is 64.6 Å². The van der Waals surface area contributed by atoms with Crippen molar-refractivity contribution in [2.75, 3.05) is 13.7 Å². The molecule has 190 valence electrons. The van der Waals surface area contributed by atoms with E-state index in [-0.39, 0.29) is 22.9 Å². The fourth-order valence-electron chi connectivity index (χ4n) is 3.87. The number of ether oxygens (including phenoxy) is 1. The highest BCUT2D eigenvalue weighted by molar-refractivity contribution is 7.89. The van der Waals surface area contributed by atoms with Crippen molar-refractivity contribution in [3.05, 3.63) is 87.4 Å². The SMILES string of the molecule is COc1cc(/C=N/NC(=O)CN(Cc2ccc(Cl)cc2)S(=O)(=O)c2c(C)cc(C)cc2C)ccc1O. The molecule has 0 bridgehead atoms. The summed E-state index contributed by atoms with van der Waals surface area (Å²) in [4.78, 5) is 12.9. The van der Waals surface area contributed by atoms with Crippen molar-refractivity contribution in [3.8, 4) is 11.5 Å².